The van der Waals surface area contributed by atoms with Crippen LogP contribution in [0.25, 0.3) is 10.2 Å². The first kappa shape index (κ1) is 18.6. The molecule has 6 heteroatoms. The first-order chi connectivity index (χ1) is 11.9. The van der Waals surface area contributed by atoms with E-state index < -0.39 is 0 Å². The van der Waals surface area contributed by atoms with Gasteiger partial charge in [0.15, 0.2) is 0 Å². The Labute approximate surface area is 158 Å². The molecule has 0 aliphatic carbocycles. The zero-order chi connectivity index (χ0) is 18.1. The topological polar surface area (TPSA) is 46.1 Å². The Balaban J connectivity index is 1.86. The molecule has 3 rings (SSSR count). The number of amides is 1. The molecule has 2 aromatic heterocycles. The van der Waals surface area contributed by atoms with Crippen molar-refractivity contribution in [2.45, 2.75) is 70.9 Å². The molecule has 2 aromatic rings. The van der Waals surface area contributed by atoms with Gasteiger partial charge in [-0.25, -0.2) is 9.97 Å². The fraction of sp³-hybridized carbons (Fsp3) is 0.632. The molecule has 25 heavy (non-hydrogen) atoms. The van der Waals surface area contributed by atoms with Gasteiger partial charge < -0.3 is 4.90 Å². The maximum atomic E-state index is 12.7. The molecule has 1 aliphatic rings. The molecule has 0 aromatic carbocycles. The largest absolute Gasteiger partial charge is 0.339 e. The number of aryl methyl sites for hydroxylation is 2. The summed E-state index contributed by atoms with van der Waals surface area (Å²) in [6.07, 6.45) is 3.48. The van der Waals surface area contributed by atoms with Crippen molar-refractivity contribution in [1.29, 1.82) is 0 Å². The third-order valence-corrected chi connectivity index (χ3v) is 7.05. The van der Waals surface area contributed by atoms with Crippen LogP contribution in [-0.2, 0) is 4.79 Å². The lowest BCUT2D eigenvalue weighted by Crippen LogP contribution is -2.42. The second kappa shape index (κ2) is 7.62. The monoisotopic (exact) mass is 377 g/mol. The van der Waals surface area contributed by atoms with E-state index in [2.05, 4.69) is 34.6 Å². The van der Waals surface area contributed by atoms with Crippen LogP contribution in [0.4, 0.5) is 0 Å². The minimum Gasteiger partial charge on any atom is -0.339 e. The highest BCUT2D eigenvalue weighted by Crippen LogP contribution is 2.36. The van der Waals surface area contributed by atoms with Crippen LogP contribution in [0.5, 0.6) is 0 Å². The summed E-state index contributed by atoms with van der Waals surface area (Å²) in [6, 6.07) is 0.364. The van der Waals surface area contributed by atoms with Crippen molar-refractivity contribution in [3.8, 4) is 0 Å². The zero-order valence-corrected chi connectivity index (χ0v) is 17.4. The van der Waals surface area contributed by atoms with Crippen LogP contribution < -0.4 is 0 Å². The number of thioether (sulfide) groups is 1. The number of thiophene rings is 1. The number of fused-ring (bicyclic) bond motifs is 1. The molecule has 1 atom stereocenters. The fourth-order valence-electron chi connectivity index (χ4n) is 3.27. The molecule has 1 saturated heterocycles. The average molecular weight is 378 g/mol. The number of likely N-dealkylation sites (tertiary alicyclic amines) is 1. The molecule has 1 aliphatic heterocycles. The second-order valence-electron chi connectivity index (χ2n) is 7.23. The first-order valence-electron chi connectivity index (χ1n) is 9.08. The maximum absolute atomic E-state index is 12.7. The van der Waals surface area contributed by atoms with E-state index >= 15 is 0 Å². The Bertz CT molecular complexity index is 785. The maximum Gasteiger partial charge on any atom is 0.233 e. The van der Waals surface area contributed by atoms with Crippen LogP contribution in [0, 0.1) is 13.8 Å². The average Bonchev–Trinajstić information content (AvgIpc) is 2.87. The van der Waals surface area contributed by atoms with E-state index in [4.69, 9.17) is 9.97 Å². The lowest BCUT2D eigenvalue weighted by atomic mass is 10.0. The number of rotatable bonds is 4. The number of carbonyl (C=O) groups excluding carboxylic acids is 1. The smallest absolute Gasteiger partial charge is 0.233 e. The predicted octanol–water partition coefficient (Wildman–Crippen LogP) is 4.92. The summed E-state index contributed by atoms with van der Waals surface area (Å²) in [5, 5.41) is 2.10. The highest BCUT2D eigenvalue weighted by Gasteiger charge is 2.24. The molecule has 0 N–H and O–H groups in total. The Morgan fingerprint density at radius 2 is 2.08 bits per heavy atom. The summed E-state index contributed by atoms with van der Waals surface area (Å²) < 4.78 is 0. The summed E-state index contributed by atoms with van der Waals surface area (Å²) >= 11 is 3.30. The summed E-state index contributed by atoms with van der Waals surface area (Å²) in [7, 11) is 0. The van der Waals surface area contributed by atoms with E-state index in [-0.39, 0.29) is 11.8 Å². The normalized spacial score (nSPS) is 18.3. The number of aromatic nitrogens is 2. The van der Waals surface area contributed by atoms with Gasteiger partial charge in [0.1, 0.15) is 15.7 Å². The quantitative estimate of drug-likeness (QED) is 0.560. The van der Waals surface area contributed by atoms with E-state index in [9.17, 15) is 4.79 Å². The number of hydrogen-bond donors (Lipinski definition) is 0. The van der Waals surface area contributed by atoms with Gasteiger partial charge in [0, 0.05) is 28.8 Å². The van der Waals surface area contributed by atoms with Crippen molar-refractivity contribution in [3.05, 3.63) is 16.3 Å². The van der Waals surface area contributed by atoms with E-state index in [0.29, 0.717) is 11.8 Å². The second-order valence-corrected chi connectivity index (χ2v) is 9.39. The Kier molecular flexibility index (Phi) is 5.68. The third-order valence-electron chi connectivity index (χ3n) is 4.98. The highest BCUT2D eigenvalue weighted by atomic mass is 32.2. The van der Waals surface area contributed by atoms with Crippen LogP contribution in [0.15, 0.2) is 5.03 Å². The van der Waals surface area contributed by atoms with E-state index in [1.165, 1.54) is 16.9 Å². The minimum atomic E-state index is 0.236. The summed E-state index contributed by atoms with van der Waals surface area (Å²) in [6.45, 7) is 11.5. The van der Waals surface area contributed by atoms with Crippen molar-refractivity contribution in [3.63, 3.8) is 0 Å². The van der Waals surface area contributed by atoms with Gasteiger partial charge in [-0.05, 0) is 45.6 Å². The molecule has 0 spiro atoms. The van der Waals surface area contributed by atoms with Gasteiger partial charge in [-0.2, -0.15) is 0 Å². The Hall–Kier alpha value is -1.14. The zero-order valence-electron chi connectivity index (χ0n) is 15.8. The molecule has 0 unspecified atom stereocenters. The minimum absolute atomic E-state index is 0.236. The van der Waals surface area contributed by atoms with Gasteiger partial charge in [0.25, 0.3) is 0 Å². The van der Waals surface area contributed by atoms with Gasteiger partial charge in [-0.3, -0.25) is 4.79 Å². The molecule has 1 amide bonds. The van der Waals surface area contributed by atoms with Gasteiger partial charge in [0.2, 0.25) is 5.91 Å². The van der Waals surface area contributed by atoms with Gasteiger partial charge >= 0.3 is 0 Å². The highest BCUT2D eigenvalue weighted by molar-refractivity contribution is 8.00. The summed E-state index contributed by atoms with van der Waals surface area (Å²) in [5.41, 5.74) is 1.25. The Morgan fingerprint density at radius 3 is 2.76 bits per heavy atom. The predicted molar refractivity (Wildman–Crippen MR) is 107 cm³/mol. The van der Waals surface area contributed by atoms with E-state index in [1.54, 1.807) is 23.1 Å². The van der Waals surface area contributed by atoms with Crippen molar-refractivity contribution in [2.75, 3.05) is 12.3 Å². The Morgan fingerprint density at radius 1 is 1.32 bits per heavy atom. The molecular weight excluding hydrogens is 350 g/mol. The fourth-order valence-corrected chi connectivity index (χ4v) is 5.35. The van der Waals surface area contributed by atoms with Crippen LogP contribution in [0.1, 0.15) is 62.2 Å². The number of nitrogens with zero attached hydrogens (tertiary/aromatic N) is 3. The van der Waals surface area contributed by atoms with Gasteiger partial charge in [-0.15, -0.1) is 11.3 Å². The molecule has 0 bridgehead atoms. The van der Waals surface area contributed by atoms with Crippen molar-refractivity contribution in [2.24, 2.45) is 0 Å². The lowest BCUT2D eigenvalue weighted by Gasteiger charge is -2.33. The van der Waals surface area contributed by atoms with Crippen LogP contribution >= 0.6 is 23.1 Å². The summed E-state index contributed by atoms with van der Waals surface area (Å²) in [4.78, 5) is 26.6. The van der Waals surface area contributed by atoms with E-state index in [1.807, 2.05) is 4.90 Å². The van der Waals surface area contributed by atoms with Crippen molar-refractivity contribution in [1.82, 2.24) is 14.9 Å². The number of piperidine rings is 1. The standard InChI is InChI=1S/C19H27N3OS2/c1-11(2)17-20-18(16-13(4)14(5)25-19(16)21-17)24-10-15(23)22-9-7-6-8-12(22)3/h11-12H,6-10H2,1-5H3/t12-/m0/s1. The first-order valence-corrected chi connectivity index (χ1v) is 10.9. The van der Waals surface area contributed by atoms with E-state index in [0.717, 1.165) is 40.5 Å². The van der Waals surface area contributed by atoms with Gasteiger partial charge in [-0.1, -0.05) is 25.6 Å². The molecule has 0 radical (unpaired) electrons. The number of carbonyl (C=O) groups is 1. The van der Waals surface area contributed by atoms with Crippen molar-refractivity contribution >= 4 is 39.2 Å². The molecular formula is C19H27N3OS2. The summed E-state index contributed by atoms with van der Waals surface area (Å²) in [5.74, 6) is 1.85. The van der Waals surface area contributed by atoms with Crippen LogP contribution in [0.2, 0.25) is 0 Å². The van der Waals surface area contributed by atoms with Crippen LogP contribution in [-0.4, -0.2) is 39.1 Å². The molecule has 3 heterocycles. The molecule has 4 nitrogen and oxygen atoms in total. The number of hydrogen-bond acceptors (Lipinski definition) is 5. The molecule has 136 valence electrons. The third kappa shape index (κ3) is 3.85. The molecule has 1 fully saturated rings. The lowest BCUT2D eigenvalue weighted by molar-refractivity contribution is -0.131. The van der Waals surface area contributed by atoms with Crippen LogP contribution in [0.3, 0.4) is 0 Å². The molecule has 0 saturated carbocycles. The van der Waals surface area contributed by atoms with Crippen molar-refractivity contribution < 1.29 is 4.79 Å². The van der Waals surface area contributed by atoms with Gasteiger partial charge in [0.05, 0.1) is 5.75 Å². The SMILES string of the molecule is Cc1sc2nc(C(C)C)nc(SCC(=O)N3CCCC[C@@H]3C)c2c1C.